The number of ether oxygens (including phenoxy) is 4. The molecule has 0 saturated carbocycles. The fourth-order valence-corrected chi connectivity index (χ4v) is 3.59. The molecule has 0 aliphatic carbocycles. The lowest BCUT2D eigenvalue weighted by Crippen LogP contribution is -2.70. The molecular formula is C19H29N3O9. The zero-order valence-electron chi connectivity index (χ0n) is 18.0. The maximum atomic E-state index is 12.6. The molecule has 3 amide bonds. The van der Waals surface area contributed by atoms with E-state index in [9.17, 15) is 24.0 Å². The van der Waals surface area contributed by atoms with Crippen molar-refractivity contribution in [2.24, 2.45) is 0 Å². The van der Waals surface area contributed by atoms with Gasteiger partial charge in [0, 0.05) is 40.8 Å². The largest absolute Gasteiger partial charge is 0.463 e. The topological polar surface area (TPSA) is 150 Å². The van der Waals surface area contributed by atoms with Crippen molar-refractivity contribution in [1.82, 2.24) is 15.5 Å². The molecule has 0 radical (unpaired) electrons. The Labute approximate surface area is 179 Å². The van der Waals surface area contributed by atoms with E-state index in [0.29, 0.717) is 13.1 Å². The van der Waals surface area contributed by atoms with Gasteiger partial charge in [-0.2, -0.15) is 0 Å². The van der Waals surface area contributed by atoms with Crippen LogP contribution in [0.3, 0.4) is 0 Å². The molecule has 0 spiro atoms. The molecule has 0 aromatic heterocycles. The van der Waals surface area contributed by atoms with Crippen LogP contribution in [0, 0.1) is 0 Å². The molecule has 0 aromatic carbocycles. The second-order valence-electron chi connectivity index (χ2n) is 7.42. The molecule has 174 valence electrons. The van der Waals surface area contributed by atoms with Crippen molar-refractivity contribution in [2.75, 3.05) is 19.7 Å². The summed E-state index contributed by atoms with van der Waals surface area (Å²) in [5.41, 5.74) is 0. The van der Waals surface area contributed by atoms with E-state index in [4.69, 9.17) is 18.9 Å². The Morgan fingerprint density at radius 2 is 1.45 bits per heavy atom. The van der Waals surface area contributed by atoms with Crippen molar-refractivity contribution in [3.63, 3.8) is 0 Å². The lowest BCUT2D eigenvalue weighted by atomic mass is 9.95. The lowest BCUT2D eigenvalue weighted by Gasteiger charge is -2.45. The van der Waals surface area contributed by atoms with Gasteiger partial charge in [-0.3, -0.25) is 19.2 Å². The maximum Gasteiger partial charge on any atom is 0.319 e. The number of carbonyl (C=O) groups excluding carboxylic acids is 5. The minimum absolute atomic E-state index is 0.325. The summed E-state index contributed by atoms with van der Waals surface area (Å²) < 4.78 is 21.6. The zero-order valence-corrected chi connectivity index (χ0v) is 18.0. The van der Waals surface area contributed by atoms with Crippen LogP contribution in [-0.2, 0) is 38.1 Å². The van der Waals surface area contributed by atoms with E-state index in [-0.39, 0.29) is 6.61 Å². The quantitative estimate of drug-likeness (QED) is 0.407. The first-order valence-corrected chi connectivity index (χ1v) is 10.0. The molecule has 2 aliphatic heterocycles. The highest BCUT2D eigenvalue weighted by Gasteiger charge is 2.51. The Kier molecular flexibility index (Phi) is 8.60. The molecule has 12 heteroatoms. The zero-order chi connectivity index (χ0) is 23.1. The molecule has 2 aliphatic rings. The van der Waals surface area contributed by atoms with E-state index in [1.54, 1.807) is 4.90 Å². The summed E-state index contributed by atoms with van der Waals surface area (Å²) in [7, 11) is 0. The van der Waals surface area contributed by atoms with Crippen LogP contribution in [0.4, 0.5) is 4.79 Å². The van der Waals surface area contributed by atoms with Crippen LogP contribution in [0.15, 0.2) is 0 Å². The molecule has 2 N–H and O–H groups in total. The average Bonchev–Trinajstić information content (AvgIpc) is 3.18. The van der Waals surface area contributed by atoms with E-state index >= 15 is 0 Å². The number of carbonyl (C=O) groups is 5. The Morgan fingerprint density at radius 1 is 0.871 bits per heavy atom. The number of urea groups is 1. The molecule has 5 atom stereocenters. The molecule has 2 rings (SSSR count). The summed E-state index contributed by atoms with van der Waals surface area (Å²) >= 11 is 0. The average molecular weight is 443 g/mol. The van der Waals surface area contributed by atoms with E-state index < -0.39 is 60.4 Å². The van der Waals surface area contributed by atoms with Gasteiger partial charge in [0.2, 0.25) is 5.91 Å². The van der Waals surface area contributed by atoms with Gasteiger partial charge in [-0.15, -0.1) is 0 Å². The SMILES string of the molecule is CC(=O)N[C@@H]1[C@@H](OC(C)=O)[C@H](OC(C)=O)[C@@H](COC(C)=O)O[C@H]1NC(=O)N1CCCC1. The number of esters is 3. The van der Waals surface area contributed by atoms with Crippen LogP contribution in [0.1, 0.15) is 40.5 Å². The molecule has 12 nitrogen and oxygen atoms in total. The van der Waals surface area contributed by atoms with Crippen LogP contribution in [0.5, 0.6) is 0 Å². The van der Waals surface area contributed by atoms with Crippen LogP contribution in [-0.4, -0.2) is 85.0 Å². The van der Waals surface area contributed by atoms with E-state index in [2.05, 4.69) is 10.6 Å². The van der Waals surface area contributed by atoms with E-state index in [0.717, 1.165) is 26.7 Å². The predicted octanol–water partition coefficient (Wildman–Crippen LogP) is -0.552. The molecule has 0 bridgehead atoms. The molecule has 2 heterocycles. The molecule has 2 fully saturated rings. The minimum Gasteiger partial charge on any atom is -0.463 e. The number of hydrogen-bond donors (Lipinski definition) is 2. The number of rotatable bonds is 6. The van der Waals surface area contributed by atoms with Crippen molar-refractivity contribution < 1.29 is 42.9 Å². The molecule has 31 heavy (non-hydrogen) atoms. The van der Waals surface area contributed by atoms with Crippen LogP contribution >= 0.6 is 0 Å². The first-order valence-electron chi connectivity index (χ1n) is 10.0. The van der Waals surface area contributed by atoms with Gasteiger partial charge in [-0.05, 0) is 12.8 Å². The minimum atomic E-state index is -1.21. The smallest absolute Gasteiger partial charge is 0.319 e. The number of nitrogens with zero attached hydrogens (tertiary/aromatic N) is 1. The van der Waals surface area contributed by atoms with Gasteiger partial charge in [0.05, 0.1) is 0 Å². The number of nitrogens with one attached hydrogen (secondary N) is 2. The second kappa shape index (κ2) is 10.9. The van der Waals surface area contributed by atoms with Crippen LogP contribution in [0.25, 0.3) is 0 Å². The van der Waals surface area contributed by atoms with Crippen LogP contribution in [0.2, 0.25) is 0 Å². The van der Waals surface area contributed by atoms with Gasteiger partial charge >= 0.3 is 23.9 Å². The number of amides is 3. The lowest BCUT2D eigenvalue weighted by molar-refractivity contribution is -0.226. The summed E-state index contributed by atoms with van der Waals surface area (Å²) in [5.74, 6) is -2.48. The van der Waals surface area contributed by atoms with Crippen molar-refractivity contribution in [1.29, 1.82) is 0 Å². The summed E-state index contributed by atoms with van der Waals surface area (Å²) in [5, 5.41) is 5.29. The second-order valence-corrected chi connectivity index (χ2v) is 7.42. The van der Waals surface area contributed by atoms with Crippen LogP contribution < -0.4 is 10.6 Å². The molecular weight excluding hydrogens is 414 g/mol. The first-order chi connectivity index (χ1) is 14.6. The Hall–Kier alpha value is -2.89. The number of hydrogen-bond acceptors (Lipinski definition) is 9. The third-order valence-electron chi connectivity index (χ3n) is 4.78. The maximum absolute atomic E-state index is 12.6. The molecule has 2 saturated heterocycles. The van der Waals surface area contributed by atoms with Crippen molar-refractivity contribution in [2.45, 2.75) is 71.1 Å². The summed E-state index contributed by atoms with van der Waals surface area (Å²) in [6.45, 7) is 5.57. The van der Waals surface area contributed by atoms with Gasteiger partial charge in [0.1, 0.15) is 18.8 Å². The third kappa shape index (κ3) is 7.09. The molecule has 0 aromatic rings. The number of likely N-dealkylation sites (tertiary alicyclic amines) is 1. The normalized spacial score (nSPS) is 27.7. The van der Waals surface area contributed by atoms with Gasteiger partial charge < -0.3 is 34.5 Å². The summed E-state index contributed by atoms with van der Waals surface area (Å²) in [4.78, 5) is 60.9. The predicted molar refractivity (Wildman–Crippen MR) is 103 cm³/mol. The highest BCUT2D eigenvalue weighted by Crippen LogP contribution is 2.26. The third-order valence-corrected chi connectivity index (χ3v) is 4.78. The fourth-order valence-electron chi connectivity index (χ4n) is 3.59. The summed E-state index contributed by atoms with van der Waals surface area (Å²) in [6.07, 6.45) is -2.87. The summed E-state index contributed by atoms with van der Waals surface area (Å²) in [6, 6.07) is -1.48. The molecule has 0 unspecified atom stereocenters. The highest BCUT2D eigenvalue weighted by atomic mass is 16.6. The van der Waals surface area contributed by atoms with Gasteiger partial charge in [0.15, 0.2) is 18.4 Å². The Morgan fingerprint density at radius 3 is 1.97 bits per heavy atom. The van der Waals surface area contributed by atoms with Crippen molar-refractivity contribution in [3.05, 3.63) is 0 Å². The Bertz CT molecular complexity index is 708. The standard InChI is InChI=1S/C19H29N3O9/c1-10(23)20-15-17(30-13(4)26)16(29-12(3)25)14(9-28-11(2)24)31-18(15)21-19(27)22-7-5-6-8-22/h14-18H,5-9H2,1-4H3,(H,20,23)(H,21,27)/t14-,15-,16-,17-,18-/m1/s1. The van der Waals surface area contributed by atoms with Crippen molar-refractivity contribution in [3.8, 4) is 0 Å². The highest BCUT2D eigenvalue weighted by molar-refractivity contribution is 5.76. The first kappa shape index (κ1) is 24.4. The Balaban J connectivity index is 2.36. The van der Waals surface area contributed by atoms with E-state index in [1.807, 2.05) is 0 Å². The van der Waals surface area contributed by atoms with Crippen molar-refractivity contribution >= 4 is 29.8 Å². The van der Waals surface area contributed by atoms with Gasteiger partial charge in [0.25, 0.3) is 0 Å². The monoisotopic (exact) mass is 443 g/mol. The fraction of sp³-hybridized carbons (Fsp3) is 0.737. The van der Waals surface area contributed by atoms with Gasteiger partial charge in [-0.1, -0.05) is 0 Å². The van der Waals surface area contributed by atoms with Gasteiger partial charge in [-0.25, -0.2) is 4.79 Å². The van der Waals surface area contributed by atoms with E-state index in [1.165, 1.54) is 13.8 Å².